The molecule has 0 bridgehead atoms. The fourth-order valence-electron chi connectivity index (χ4n) is 1.24. The summed E-state index contributed by atoms with van der Waals surface area (Å²) < 4.78 is 11.6. The monoisotopic (exact) mass is 241 g/mol. The van der Waals surface area contributed by atoms with Crippen molar-refractivity contribution in [3.05, 3.63) is 18.7 Å². The molecule has 0 atom stereocenters. The largest absolute Gasteiger partial charge is 0.382 e. The Morgan fingerprint density at radius 3 is 2.94 bits per heavy atom. The zero-order chi connectivity index (χ0) is 12.3. The summed E-state index contributed by atoms with van der Waals surface area (Å²) in [6.07, 6.45) is 6.48. The summed E-state index contributed by atoms with van der Waals surface area (Å²) in [4.78, 5) is 15.2. The van der Waals surface area contributed by atoms with E-state index in [1.165, 1.54) is 10.9 Å². The highest BCUT2D eigenvalue weighted by atomic mass is 16.5. The van der Waals surface area contributed by atoms with Crippen LogP contribution in [0.4, 0.5) is 4.79 Å². The second kappa shape index (κ2) is 8.72. The first kappa shape index (κ1) is 13.7. The third kappa shape index (κ3) is 6.03. The number of hydrogen-bond donors (Lipinski definition) is 1. The molecule has 17 heavy (non-hydrogen) atoms. The van der Waals surface area contributed by atoms with Gasteiger partial charge in [-0.1, -0.05) is 0 Å². The molecular formula is C11H19N3O3. The Kier molecular flexibility index (Phi) is 7.01. The van der Waals surface area contributed by atoms with Crippen LogP contribution >= 0.6 is 0 Å². The first-order chi connectivity index (χ1) is 8.34. The lowest BCUT2D eigenvalue weighted by molar-refractivity contribution is 0.0688. The summed E-state index contributed by atoms with van der Waals surface area (Å²) in [5.41, 5.74) is 0. The van der Waals surface area contributed by atoms with Crippen molar-refractivity contribution in [1.82, 2.24) is 14.9 Å². The van der Waals surface area contributed by atoms with Crippen LogP contribution in [0, 0.1) is 0 Å². The molecule has 1 N–H and O–H groups in total. The molecule has 0 unspecified atom stereocenters. The maximum Gasteiger partial charge on any atom is 0.326 e. The van der Waals surface area contributed by atoms with Crippen molar-refractivity contribution >= 4 is 6.03 Å². The minimum absolute atomic E-state index is 0.150. The molecule has 0 aliphatic heterocycles. The predicted molar refractivity (Wildman–Crippen MR) is 63.0 cm³/mol. The van der Waals surface area contributed by atoms with Gasteiger partial charge in [0.25, 0.3) is 0 Å². The van der Waals surface area contributed by atoms with E-state index in [2.05, 4.69) is 10.3 Å². The number of hydrogen-bond acceptors (Lipinski definition) is 4. The molecule has 0 radical (unpaired) electrons. The molecule has 0 aliphatic rings. The van der Waals surface area contributed by atoms with E-state index in [4.69, 9.17) is 9.47 Å². The number of methoxy groups -OCH3 is 1. The molecule has 0 spiro atoms. The van der Waals surface area contributed by atoms with Crippen molar-refractivity contribution in [3.63, 3.8) is 0 Å². The smallest absolute Gasteiger partial charge is 0.326 e. The lowest BCUT2D eigenvalue weighted by atomic mass is 10.3. The van der Waals surface area contributed by atoms with Crippen LogP contribution in [0.25, 0.3) is 0 Å². The van der Waals surface area contributed by atoms with E-state index in [0.717, 1.165) is 12.8 Å². The fourth-order valence-corrected chi connectivity index (χ4v) is 1.24. The molecule has 1 heterocycles. The third-order valence-electron chi connectivity index (χ3n) is 2.16. The maximum absolute atomic E-state index is 11.4. The van der Waals surface area contributed by atoms with Gasteiger partial charge < -0.3 is 14.8 Å². The predicted octanol–water partition coefficient (Wildman–Crippen LogP) is 0.884. The van der Waals surface area contributed by atoms with Gasteiger partial charge in [-0.2, -0.15) is 0 Å². The molecule has 0 saturated heterocycles. The van der Waals surface area contributed by atoms with Crippen LogP contribution in [0.15, 0.2) is 18.7 Å². The van der Waals surface area contributed by atoms with Crippen molar-refractivity contribution in [1.29, 1.82) is 0 Å². The number of nitrogens with one attached hydrogen (secondary N) is 1. The van der Waals surface area contributed by atoms with Gasteiger partial charge in [-0.3, -0.25) is 4.57 Å². The number of aromatic nitrogens is 2. The van der Waals surface area contributed by atoms with Crippen LogP contribution < -0.4 is 5.32 Å². The van der Waals surface area contributed by atoms with Crippen molar-refractivity contribution in [3.8, 4) is 0 Å². The van der Waals surface area contributed by atoms with Crippen LogP contribution in [0.1, 0.15) is 12.8 Å². The summed E-state index contributed by atoms with van der Waals surface area (Å²) in [7, 11) is 1.65. The van der Waals surface area contributed by atoms with Gasteiger partial charge in [0.15, 0.2) is 0 Å². The third-order valence-corrected chi connectivity index (χ3v) is 2.16. The number of amides is 1. The van der Waals surface area contributed by atoms with Gasteiger partial charge in [-0.25, -0.2) is 9.78 Å². The lowest BCUT2D eigenvalue weighted by Crippen LogP contribution is -2.28. The zero-order valence-electron chi connectivity index (χ0n) is 10.1. The molecule has 6 heteroatoms. The van der Waals surface area contributed by atoms with Crippen LogP contribution in [0.3, 0.4) is 0 Å². The molecule has 0 aromatic carbocycles. The van der Waals surface area contributed by atoms with Gasteiger partial charge in [-0.15, -0.1) is 0 Å². The quantitative estimate of drug-likeness (QED) is 0.686. The van der Waals surface area contributed by atoms with Gasteiger partial charge in [0, 0.05) is 32.7 Å². The molecule has 6 nitrogen and oxygen atoms in total. The number of nitrogens with zero attached hydrogens (tertiary/aromatic N) is 2. The van der Waals surface area contributed by atoms with Crippen molar-refractivity contribution in [2.75, 3.05) is 33.5 Å². The van der Waals surface area contributed by atoms with Crippen LogP contribution in [0.5, 0.6) is 0 Å². The number of ether oxygens (including phenoxy) is 2. The number of unbranched alkanes of at least 4 members (excludes halogenated alkanes) is 1. The van der Waals surface area contributed by atoms with Crippen molar-refractivity contribution in [2.45, 2.75) is 12.8 Å². The number of carbonyl (C=O) groups excluding carboxylic acids is 1. The topological polar surface area (TPSA) is 65.4 Å². The highest BCUT2D eigenvalue weighted by Gasteiger charge is 2.00. The Hall–Kier alpha value is -1.40. The first-order valence-electron chi connectivity index (χ1n) is 5.67. The molecule has 96 valence electrons. The number of rotatable bonds is 8. The second-order valence-electron chi connectivity index (χ2n) is 3.51. The van der Waals surface area contributed by atoms with Gasteiger partial charge in [0.1, 0.15) is 6.33 Å². The van der Waals surface area contributed by atoms with Gasteiger partial charge in [0.05, 0.1) is 13.2 Å². The first-order valence-corrected chi connectivity index (χ1v) is 5.67. The minimum atomic E-state index is -0.150. The van der Waals surface area contributed by atoms with E-state index >= 15 is 0 Å². The summed E-state index contributed by atoms with van der Waals surface area (Å²) >= 11 is 0. The fraction of sp³-hybridized carbons (Fsp3) is 0.636. The molecule has 1 aromatic rings. The minimum Gasteiger partial charge on any atom is -0.382 e. The molecule has 1 amide bonds. The Balaban J connectivity index is 1.92. The molecule has 0 aliphatic carbocycles. The van der Waals surface area contributed by atoms with E-state index < -0.39 is 0 Å². The van der Waals surface area contributed by atoms with E-state index in [9.17, 15) is 4.79 Å². The zero-order valence-corrected chi connectivity index (χ0v) is 10.1. The van der Waals surface area contributed by atoms with E-state index in [1.54, 1.807) is 19.5 Å². The SMILES string of the molecule is COCCOCCCCNC(=O)n1ccnc1. The second-order valence-corrected chi connectivity index (χ2v) is 3.51. The lowest BCUT2D eigenvalue weighted by Gasteiger charge is -2.05. The van der Waals surface area contributed by atoms with Gasteiger partial charge in [0.2, 0.25) is 0 Å². The summed E-state index contributed by atoms with van der Waals surface area (Å²) in [6.45, 7) is 2.59. The number of imidazole rings is 1. The number of carbonyl (C=O) groups is 1. The maximum atomic E-state index is 11.4. The molecular weight excluding hydrogens is 222 g/mol. The Bertz CT molecular complexity index is 301. The normalized spacial score (nSPS) is 10.4. The van der Waals surface area contributed by atoms with Gasteiger partial charge >= 0.3 is 6.03 Å². The molecule has 1 aromatic heterocycles. The Morgan fingerprint density at radius 1 is 1.35 bits per heavy atom. The van der Waals surface area contributed by atoms with E-state index in [0.29, 0.717) is 26.4 Å². The Labute approximate surface area is 101 Å². The van der Waals surface area contributed by atoms with Crippen molar-refractivity contribution in [2.24, 2.45) is 0 Å². The van der Waals surface area contributed by atoms with Gasteiger partial charge in [-0.05, 0) is 12.8 Å². The van der Waals surface area contributed by atoms with Crippen LogP contribution in [-0.4, -0.2) is 49.1 Å². The summed E-state index contributed by atoms with van der Waals surface area (Å²) in [5, 5.41) is 2.79. The standard InChI is InChI=1S/C11H19N3O3/c1-16-8-9-17-7-3-2-4-13-11(15)14-6-5-12-10-14/h5-6,10H,2-4,7-9H2,1H3,(H,13,15). The van der Waals surface area contributed by atoms with E-state index in [-0.39, 0.29) is 6.03 Å². The summed E-state index contributed by atoms with van der Waals surface area (Å²) in [6, 6.07) is -0.150. The average Bonchev–Trinajstić information content (AvgIpc) is 2.86. The Morgan fingerprint density at radius 2 is 2.24 bits per heavy atom. The van der Waals surface area contributed by atoms with Crippen molar-refractivity contribution < 1.29 is 14.3 Å². The van der Waals surface area contributed by atoms with Crippen LogP contribution in [-0.2, 0) is 9.47 Å². The van der Waals surface area contributed by atoms with E-state index in [1.807, 2.05) is 0 Å². The highest BCUT2D eigenvalue weighted by molar-refractivity contribution is 5.76. The summed E-state index contributed by atoms with van der Waals surface area (Å²) in [5.74, 6) is 0. The van der Waals surface area contributed by atoms with Crippen LogP contribution in [0.2, 0.25) is 0 Å². The molecule has 0 fully saturated rings. The highest BCUT2D eigenvalue weighted by Crippen LogP contribution is 1.90. The molecule has 0 saturated carbocycles. The molecule has 1 rings (SSSR count). The average molecular weight is 241 g/mol.